The molecule has 0 saturated heterocycles. The lowest BCUT2D eigenvalue weighted by Gasteiger charge is -2.38. The fraction of sp³-hybridized carbons (Fsp3) is 0.424. The number of likely N-dealkylation sites (N-methyl/N-ethyl adjacent to an activating group) is 1. The lowest BCUT2D eigenvalue weighted by Crippen LogP contribution is -2.55. The zero-order valence-electron chi connectivity index (χ0n) is 26.5. The molecule has 0 bridgehead atoms. The zero-order valence-corrected chi connectivity index (χ0v) is 27.3. The number of carbonyl (C=O) groups excluding carboxylic acids is 2. The van der Waals surface area contributed by atoms with Crippen LogP contribution in [0.15, 0.2) is 54.7 Å². The Kier molecular flexibility index (Phi) is 13.9. The second-order valence-corrected chi connectivity index (χ2v) is 11.1. The molecule has 252 valence electrons. The Hall–Kier alpha value is -4.32. The van der Waals surface area contributed by atoms with Crippen molar-refractivity contribution in [3.05, 3.63) is 65.9 Å². The van der Waals surface area contributed by atoms with Crippen molar-refractivity contribution in [2.45, 2.75) is 38.4 Å². The monoisotopic (exact) mass is 673 g/mol. The number of hydrogen-bond acceptors (Lipinski definition) is 8. The highest BCUT2D eigenvalue weighted by molar-refractivity contribution is 7.78. The zero-order chi connectivity index (χ0) is 34.5. The lowest BCUT2D eigenvalue weighted by atomic mass is 9.99. The number of hydrogen-bond donors (Lipinski definition) is 1. The predicted octanol–water partition coefficient (Wildman–Crippen LogP) is 5.13. The second-order valence-electron chi connectivity index (χ2n) is 10.9. The van der Waals surface area contributed by atoms with Crippen LogP contribution in [0.2, 0.25) is 0 Å². The Morgan fingerprint density at radius 1 is 1.04 bits per heavy atom. The molecule has 1 aromatic heterocycles. The Morgan fingerprint density at radius 3 is 2.45 bits per heavy atom. The van der Waals surface area contributed by atoms with Crippen molar-refractivity contribution in [2.75, 3.05) is 58.1 Å². The Labute approximate surface area is 277 Å². The summed E-state index contributed by atoms with van der Waals surface area (Å²) in [6.45, 7) is 5.55. The minimum Gasteiger partial charge on any atom is -0.489 e. The van der Waals surface area contributed by atoms with Gasteiger partial charge in [0.2, 0.25) is 5.91 Å². The summed E-state index contributed by atoms with van der Waals surface area (Å²) in [6.07, 6.45) is -2.49. The second kappa shape index (κ2) is 17.6. The van der Waals surface area contributed by atoms with Gasteiger partial charge in [-0.25, -0.2) is 0 Å². The molecule has 14 heteroatoms. The maximum atomic E-state index is 13.4. The average molecular weight is 674 g/mol. The number of nitrogens with one attached hydrogen (secondary N) is 1. The number of pyridine rings is 1. The highest BCUT2D eigenvalue weighted by Crippen LogP contribution is 2.35. The molecule has 0 fully saturated rings. The van der Waals surface area contributed by atoms with E-state index in [1.807, 2.05) is 30.3 Å². The van der Waals surface area contributed by atoms with Crippen LogP contribution >= 0.6 is 12.2 Å². The van der Waals surface area contributed by atoms with Crippen LogP contribution in [0.3, 0.4) is 0 Å². The molecule has 0 spiro atoms. The van der Waals surface area contributed by atoms with Gasteiger partial charge >= 0.3 is 6.18 Å². The van der Waals surface area contributed by atoms with Crippen molar-refractivity contribution in [3.63, 3.8) is 0 Å². The lowest BCUT2D eigenvalue weighted by molar-refractivity contribution is -0.138. The van der Waals surface area contributed by atoms with Crippen LogP contribution in [0, 0.1) is 11.3 Å². The molecular weight excluding hydrogens is 635 g/mol. The fourth-order valence-electron chi connectivity index (χ4n) is 4.67. The van der Waals surface area contributed by atoms with Gasteiger partial charge in [-0.2, -0.15) is 18.4 Å². The van der Waals surface area contributed by atoms with E-state index >= 15 is 0 Å². The summed E-state index contributed by atoms with van der Waals surface area (Å²) in [7, 11) is 1.36. The Bertz CT molecular complexity index is 1560. The van der Waals surface area contributed by atoms with Crippen molar-refractivity contribution in [2.24, 2.45) is 0 Å². The smallest absolute Gasteiger partial charge is 0.417 e. The van der Waals surface area contributed by atoms with Gasteiger partial charge in [-0.15, -0.1) is 0 Å². The molecular formula is C33H38F3N5O5S. The first kappa shape index (κ1) is 37.1. The number of carbonyl (C=O) groups is 2. The molecule has 47 heavy (non-hydrogen) atoms. The molecule has 0 aliphatic heterocycles. The predicted molar refractivity (Wildman–Crippen MR) is 175 cm³/mol. The summed E-state index contributed by atoms with van der Waals surface area (Å²) >= 11 is 5.12. The number of aromatic nitrogens is 1. The summed E-state index contributed by atoms with van der Waals surface area (Å²) in [6, 6.07) is 14.2. The maximum absolute atomic E-state index is 13.4. The number of rotatable bonds is 18. The molecule has 2 amide bonds. The molecule has 0 unspecified atom stereocenters. The number of alkyl halides is 3. The van der Waals surface area contributed by atoms with Crippen LogP contribution in [0.5, 0.6) is 5.75 Å². The number of thiocarbonyl (C=S) groups is 1. The van der Waals surface area contributed by atoms with Crippen molar-refractivity contribution in [1.82, 2.24) is 15.2 Å². The third kappa shape index (κ3) is 10.6. The number of para-hydroxylation sites is 1. The summed E-state index contributed by atoms with van der Waals surface area (Å²) in [4.78, 5) is 32.7. The molecule has 1 heterocycles. The standard InChI is InChI=1S/C33H38F3N5O5S/c1-32(2,31(43)40(3)26-12-11-25(22-37)27(21-26)33(34,35)36)41(23-47)15-6-10-29(42)38-14-16-44-17-18-45-19-20-46-28-9-4-7-24-8-5-13-39-30(24)28/h4-5,7-9,11-13,21,23H,6,10,14-20H2,1-3H3,(H,38,42). The van der Waals surface area contributed by atoms with Crippen LogP contribution < -0.4 is 15.0 Å². The molecule has 3 rings (SSSR count). The Morgan fingerprint density at radius 2 is 1.74 bits per heavy atom. The summed E-state index contributed by atoms with van der Waals surface area (Å²) in [5.74, 6) is -0.0199. The molecule has 0 saturated carbocycles. The highest BCUT2D eigenvalue weighted by Gasteiger charge is 2.38. The SMILES string of the molecule is CN(C(=O)C(C)(C)N(C=S)CCCC(=O)NCCOCCOCCOc1cccc2cccnc12)c1ccc(C#N)c(C(F)(F)F)c1. The number of benzene rings is 2. The highest BCUT2D eigenvalue weighted by atomic mass is 32.1. The third-order valence-electron chi connectivity index (χ3n) is 7.31. The Balaban J connectivity index is 1.31. The molecule has 0 atom stereocenters. The van der Waals surface area contributed by atoms with E-state index in [9.17, 15) is 22.8 Å². The summed E-state index contributed by atoms with van der Waals surface area (Å²) in [5.41, 5.74) is -0.804. The first-order valence-corrected chi connectivity index (χ1v) is 15.4. The molecule has 3 aromatic rings. The molecule has 1 N–H and O–H groups in total. The van der Waals surface area contributed by atoms with Crippen molar-refractivity contribution in [1.29, 1.82) is 5.26 Å². The summed E-state index contributed by atoms with van der Waals surface area (Å²) in [5, 5.41) is 12.8. The minimum atomic E-state index is -4.75. The number of fused-ring (bicyclic) bond motifs is 1. The molecule has 10 nitrogen and oxygen atoms in total. The van der Waals surface area contributed by atoms with Gasteiger partial charge in [0.25, 0.3) is 5.91 Å². The quantitative estimate of drug-likeness (QED) is 0.145. The van der Waals surface area contributed by atoms with Gasteiger partial charge in [-0.05, 0) is 50.6 Å². The van der Waals surface area contributed by atoms with Crippen molar-refractivity contribution >= 4 is 46.1 Å². The van der Waals surface area contributed by atoms with Crippen LogP contribution in [-0.2, 0) is 25.2 Å². The van der Waals surface area contributed by atoms with Gasteiger partial charge in [-0.3, -0.25) is 14.6 Å². The van der Waals surface area contributed by atoms with E-state index in [4.69, 9.17) is 31.7 Å². The van der Waals surface area contributed by atoms with Crippen LogP contribution in [0.4, 0.5) is 18.9 Å². The number of amides is 2. The number of nitrogens with zero attached hydrogens (tertiary/aromatic N) is 4. The fourth-order valence-corrected chi connectivity index (χ4v) is 5.04. The molecule has 0 aliphatic rings. The van der Waals surface area contributed by atoms with Crippen LogP contribution in [0.1, 0.15) is 37.8 Å². The van der Waals surface area contributed by atoms with E-state index < -0.39 is 28.7 Å². The van der Waals surface area contributed by atoms with Crippen LogP contribution in [0.25, 0.3) is 10.9 Å². The van der Waals surface area contributed by atoms with E-state index in [2.05, 4.69) is 10.3 Å². The van der Waals surface area contributed by atoms with Crippen LogP contribution in [-0.4, -0.2) is 85.9 Å². The van der Waals surface area contributed by atoms with E-state index in [1.54, 1.807) is 24.9 Å². The minimum absolute atomic E-state index is 0.0180. The molecule has 0 radical (unpaired) electrons. The van der Waals surface area contributed by atoms with Crippen molar-refractivity contribution in [3.8, 4) is 11.8 Å². The van der Waals surface area contributed by atoms with Gasteiger partial charge in [0.05, 0.1) is 49.1 Å². The van der Waals surface area contributed by atoms with Gasteiger partial charge in [0, 0.05) is 43.8 Å². The number of ether oxygens (including phenoxy) is 3. The molecule has 0 aliphatic carbocycles. The number of halogens is 3. The topological polar surface area (TPSA) is 117 Å². The largest absolute Gasteiger partial charge is 0.489 e. The number of anilines is 1. The van der Waals surface area contributed by atoms with E-state index in [0.717, 1.165) is 27.9 Å². The number of nitriles is 1. The van der Waals surface area contributed by atoms with Gasteiger partial charge in [-0.1, -0.05) is 30.4 Å². The van der Waals surface area contributed by atoms with E-state index in [-0.39, 0.29) is 24.6 Å². The normalized spacial score (nSPS) is 11.5. The third-order valence-corrected chi connectivity index (χ3v) is 7.57. The van der Waals surface area contributed by atoms with Gasteiger partial charge in [0.1, 0.15) is 23.4 Å². The van der Waals surface area contributed by atoms with Gasteiger partial charge in [0.15, 0.2) is 0 Å². The van der Waals surface area contributed by atoms with Gasteiger partial charge < -0.3 is 29.3 Å². The van der Waals surface area contributed by atoms with E-state index in [0.29, 0.717) is 51.7 Å². The molecule has 2 aromatic carbocycles. The van der Waals surface area contributed by atoms with Crippen molar-refractivity contribution < 1.29 is 37.0 Å². The summed E-state index contributed by atoms with van der Waals surface area (Å²) < 4.78 is 57.1. The first-order valence-electron chi connectivity index (χ1n) is 14.9. The maximum Gasteiger partial charge on any atom is 0.417 e. The van der Waals surface area contributed by atoms with E-state index in [1.165, 1.54) is 24.7 Å². The average Bonchev–Trinajstić information content (AvgIpc) is 3.06. The first-order chi connectivity index (χ1) is 22.4.